The first kappa shape index (κ1) is 21.7. The number of aromatic nitrogens is 2. The number of sulfonamides is 1. The second kappa shape index (κ2) is 8.89. The van der Waals surface area contributed by atoms with Crippen molar-refractivity contribution < 1.29 is 17.9 Å². The Bertz CT molecular complexity index is 1170. The highest BCUT2D eigenvalue weighted by Gasteiger charge is 2.33. The summed E-state index contributed by atoms with van der Waals surface area (Å²) in [5.74, 6) is 0.333. The van der Waals surface area contributed by atoms with Gasteiger partial charge in [-0.2, -0.15) is 0 Å². The molecule has 1 saturated heterocycles. The normalized spacial score (nSPS) is 15.8. The van der Waals surface area contributed by atoms with Crippen LogP contribution in [0.5, 0.6) is 5.75 Å². The first-order chi connectivity index (χ1) is 14.9. The van der Waals surface area contributed by atoms with Gasteiger partial charge in [-0.25, -0.2) is 17.7 Å². The summed E-state index contributed by atoms with van der Waals surface area (Å²) >= 11 is 1.43. The van der Waals surface area contributed by atoms with E-state index in [2.05, 4.69) is 4.98 Å². The largest absolute Gasteiger partial charge is 0.494 e. The molecule has 1 amide bonds. The van der Waals surface area contributed by atoms with E-state index in [1.165, 1.54) is 21.9 Å². The summed E-state index contributed by atoms with van der Waals surface area (Å²) in [6.45, 7) is 0.995. The highest BCUT2D eigenvalue weighted by atomic mass is 32.2. The number of piperidine rings is 1. The summed E-state index contributed by atoms with van der Waals surface area (Å²) in [5, 5.41) is 0.584. The minimum Gasteiger partial charge on any atom is -0.494 e. The number of ether oxygens (including phenoxy) is 1. The number of thiazole rings is 1. The standard InChI is InChI=1S/C21H24N4O4S2/c1-29-17-7-5-8-18-19(17)23-21(30-18)25(14-16-6-3-4-11-22-16)20(26)15-9-12-24(13-10-15)31(2,27)28/h3-8,11,15H,9-10,12-14H2,1-2H3. The molecule has 10 heteroatoms. The number of anilines is 1. The third-order valence-electron chi connectivity index (χ3n) is 5.41. The summed E-state index contributed by atoms with van der Waals surface area (Å²) in [5.41, 5.74) is 1.48. The van der Waals surface area contributed by atoms with Gasteiger partial charge in [-0.3, -0.25) is 14.7 Å². The maximum absolute atomic E-state index is 13.6. The van der Waals surface area contributed by atoms with Gasteiger partial charge in [-0.05, 0) is 37.1 Å². The predicted octanol–water partition coefficient (Wildman–Crippen LogP) is 2.90. The van der Waals surface area contributed by atoms with Crippen LogP contribution in [0.15, 0.2) is 42.6 Å². The van der Waals surface area contributed by atoms with Crippen LogP contribution >= 0.6 is 11.3 Å². The van der Waals surface area contributed by atoms with Crippen LogP contribution in [0, 0.1) is 5.92 Å². The van der Waals surface area contributed by atoms with Gasteiger partial charge in [0.2, 0.25) is 15.9 Å². The van der Waals surface area contributed by atoms with Gasteiger partial charge in [0.1, 0.15) is 11.3 Å². The Morgan fingerprint density at radius 3 is 2.65 bits per heavy atom. The molecule has 4 rings (SSSR count). The van der Waals surface area contributed by atoms with Crippen molar-refractivity contribution in [2.45, 2.75) is 19.4 Å². The van der Waals surface area contributed by atoms with Gasteiger partial charge in [0.25, 0.3) is 0 Å². The van der Waals surface area contributed by atoms with E-state index in [4.69, 9.17) is 9.72 Å². The molecule has 3 heterocycles. The monoisotopic (exact) mass is 460 g/mol. The fourth-order valence-corrected chi connectivity index (χ4v) is 5.60. The van der Waals surface area contributed by atoms with Gasteiger partial charge in [0, 0.05) is 25.2 Å². The SMILES string of the molecule is COc1cccc2sc(N(Cc3ccccn3)C(=O)C3CCN(S(C)(=O)=O)CC3)nc12. The minimum absolute atomic E-state index is 0.0585. The Hall–Kier alpha value is -2.56. The van der Waals surface area contributed by atoms with Gasteiger partial charge >= 0.3 is 0 Å². The summed E-state index contributed by atoms with van der Waals surface area (Å²) in [6, 6.07) is 11.3. The van der Waals surface area contributed by atoms with Crippen molar-refractivity contribution in [3.63, 3.8) is 0 Å². The molecule has 0 atom stereocenters. The molecule has 1 aliphatic rings. The number of benzene rings is 1. The van der Waals surface area contributed by atoms with Crippen molar-refractivity contribution in [1.29, 1.82) is 0 Å². The molecule has 1 aliphatic heterocycles. The number of amides is 1. The van der Waals surface area contributed by atoms with Crippen molar-refractivity contribution in [2.75, 3.05) is 31.4 Å². The molecule has 2 aromatic heterocycles. The third kappa shape index (κ3) is 4.70. The van der Waals surface area contributed by atoms with E-state index < -0.39 is 10.0 Å². The molecule has 8 nitrogen and oxygen atoms in total. The van der Waals surface area contributed by atoms with Crippen LogP contribution in [-0.2, 0) is 21.4 Å². The van der Waals surface area contributed by atoms with E-state index in [0.717, 1.165) is 15.9 Å². The Kier molecular flexibility index (Phi) is 6.22. The van der Waals surface area contributed by atoms with E-state index >= 15 is 0 Å². The molecule has 1 fully saturated rings. The highest BCUT2D eigenvalue weighted by Crippen LogP contribution is 2.36. The van der Waals surface area contributed by atoms with Gasteiger partial charge in [-0.15, -0.1) is 0 Å². The Morgan fingerprint density at radius 2 is 2.00 bits per heavy atom. The Labute approximate surface area is 185 Å². The maximum Gasteiger partial charge on any atom is 0.232 e. The lowest BCUT2D eigenvalue weighted by Crippen LogP contribution is -2.44. The summed E-state index contributed by atoms with van der Waals surface area (Å²) in [4.78, 5) is 24.3. The topological polar surface area (TPSA) is 92.7 Å². The minimum atomic E-state index is -3.25. The molecular weight excluding hydrogens is 436 g/mol. The van der Waals surface area contributed by atoms with Crippen LogP contribution in [-0.4, -0.2) is 55.1 Å². The fourth-order valence-electron chi connectivity index (χ4n) is 3.74. The first-order valence-corrected chi connectivity index (χ1v) is 12.6. The smallest absolute Gasteiger partial charge is 0.232 e. The number of carbonyl (C=O) groups excluding carboxylic acids is 1. The number of nitrogens with zero attached hydrogens (tertiary/aromatic N) is 4. The second-order valence-electron chi connectivity index (χ2n) is 7.49. The number of hydrogen-bond acceptors (Lipinski definition) is 7. The van der Waals surface area contributed by atoms with Crippen LogP contribution in [0.2, 0.25) is 0 Å². The molecule has 1 aromatic carbocycles. The van der Waals surface area contributed by atoms with Crippen LogP contribution < -0.4 is 9.64 Å². The summed E-state index contributed by atoms with van der Waals surface area (Å²) < 4.78 is 31.4. The molecule has 164 valence electrons. The van der Waals surface area contributed by atoms with E-state index in [0.29, 0.717) is 43.4 Å². The second-order valence-corrected chi connectivity index (χ2v) is 10.5. The number of rotatable bonds is 6. The van der Waals surface area contributed by atoms with Crippen molar-refractivity contribution in [1.82, 2.24) is 14.3 Å². The van der Waals surface area contributed by atoms with Crippen LogP contribution in [0.3, 0.4) is 0 Å². The number of methoxy groups -OCH3 is 1. The third-order valence-corrected chi connectivity index (χ3v) is 7.75. The average Bonchev–Trinajstić information content (AvgIpc) is 3.21. The highest BCUT2D eigenvalue weighted by molar-refractivity contribution is 7.88. The Morgan fingerprint density at radius 1 is 1.23 bits per heavy atom. The quantitative estimate of drug-likeness (QED) is 0.562. The lowest BCUT2D eigenvalue weighted by Gasteiger charge is -2.32. The van der Waals surface area contributed by atoms with E-state index in [1.54, 1.807) is 18.2 Å². The van der Waals surface area contributed by atoms with Crippen LogP contribution in [0.25, 0.3) is 10.2 Å². The van der Waals surface area contributed by atoms with Gasteiger partial charge in [0.15, 0.2) is 5.13 Å². The zero-order valence-corrected chi connectivity index (χ0v) is 19.0. The summed E-state index contributed by atoms with van der Waals surface area (Å²) in [7, 11) is -1.65. The molecule has 31 heavy (non-hydrogen) atoms. The van der Waals surface area contributed by atoms with Crippen LogP contribution in [0.1, 0.15) is 18.5 Å². The number of fused-ring (bicyclic) bond motifs is 1. The molecule has 0 bridgehead atoms. The number of pyridine rings is 1. The summed E-state index contributed by atoms with van der Waals surface area (Å²) in [6.07, 6.45) is 3.87. The van der Waals surface area contributed by atoms with Gasteiger partial charge < -0.3 is 4.74 Å². The average molecular weight is 461 g/mol. The molecule has 0 saturated carbocycles. The molecule has 0 unspecified atom stereocenters. The molecule has 0 spiro atoms. The molecule has 0 radical (unpaired) electrons. The zero-order valence-electron chi connectivity index (χ0n) is 17.4. The lowest BCUT2D eigenvalue weighted by atomic mass is 9.96. The van der Waals surface area contributed by atoms with Gasteiger partial charge in [-0.1, -0.05) is 23.5 Å². The molecule has 0 aliphatic carbocycles. The first-order valence-electron chi connectivity index (χ1n) is 9.97. The number of hydrogen-bond donors (Lipinski definition) is 0. The maximum atomic E-state index is 13.6. The van der Waals surface area contributed by atoms with E-state index in [1.807, 2.05) is 36.4 Å². The van der Waals surface area contributed by atoms with Crippen molar-refractivity contribution in [2.24, 2.45) is 5.92 Å². The number of para-hydroxylation sites is 1. The molecule has 3 aromatic rings. The van der Waals surface area contributed by atoms with E-state index in [9.17, 15) is 13.2 Å². The number of carbonyl (C=O) groups is 1. The van der Waals surface area contributed by atoms with Crippen molar-refractivity contribution in [3.05, 3.63) is 48.3 Å². The van der Waals surface area contributed by atoms with Crippen LogP contribution in [0.4, 0.5) is 5.13 Å². The fraction of sp³-hybridized carbons (Fsp3) is 0.381. The van der Waals surface area contributed by atoms with Gasteiger partial charge in [0.05, 0.1) is 30.3 Å². The van der Waals surface area contributed by atoms with Crippen molar-refractivity contribution >= 4 is 42.6 Å². The van der Waals surface area contributed by atoms with Crippen molar-refractivity contribution in [3.8, 4) is 5.75 Å². The predicted molar refractivity (Wildman–Crippen MR) is 121 cm³/mol. The zero-order chi connectivity index (χ0) is 22.0. The lowest BCUT2D eigenvalue weighted by molar-refractivity contribution is -0.123. The Balaban J connectivity index is 1.64. The van der Waals surface area contributed by atoms with E-state index in [-0.39, 0.29) is 11.8 Å². The molecule has 0 N–H and O–H groups in total. The molecular formula is C21H24N4O4S2.